The van der Waals surface area contributed by atoms with Crippen LogP contribution in [-0.2, 0) is 0 Å². The van der Waals surface area contributed by atoms with Crippen molar-refractivity contribution < 1.29 is 0 Å². The third kappa shape index (κ3) is 2.39. The van der Waals surface area contributed by atoms with E-state index in [1.165, 1.54) is 38.2 Å². The van der Waals surface area contributed by atoms with Crippen LogP contribution in [0.15, 0.2) is 78.9 Å². The lowest BCUT2D eigenvalue weighted by molar-refractivity contribution is 0.629. The van der Waals surface area contributed by atoms with Gasteiger partial charge in [0.05, 0.1) is 0 Å². The van der Waals surface area contributed by atoms with Crippen molar-refractivity contribution in [3.63, 3.8) is 0 Å². The third-order valence-electron chi connectivity index (χ3n) is 4.93. The highest BCUT2D eigenvalue weighted by Crippen LogP contribution is 2.39. The lowest BCUT2D eigenvalue weighted by Crippen LogP contribution is -2.03. The van der Waals surface area contributed by atoms with E-state index in [0.717, 1.165) is 0 Å². The van der Waals surface area contributed by atoms with Crippen molar-refractivity contribution in [2.24, 2.45) is 5.41 Å². The lowest BCUT2D eigenvalue weighted by Gasteiger charge is -2.19. The van der Waals surface area contributed by atoms with Gasteiger partial charge >= 0.3 is 0 Å². The molecule has 0 amide bonds. The van der Waals surface area contributed by atoms with Crippen LogP contribution >= 0.6 is 0 Å². The topological polar surface area (TPSA) is 0 Å². The SMILES string of the molecule is Cc1c2ccccc2c(C2=CC(C)(C)C=CC=C2)c2ccccc12. The Morgan fingerprint density at radius 3 is 1.83 bits per heavy atom. The number of fused-ring (bicyclic) bond motifs is 2. The molecule has 0 unspecified atom stereocenters. The number of rotatable bonds is 1. The highest BCUT2D eigenvalue weighted by atomic mass is 14.2. The van der Waals surface area contributed by atoms with Crippen molar-refractivity contribution in [1.29, 1.82) is 0 Å². The molecule has 1 aliphatic carbocycles. The Morgan fingerprint density at radius 2 is 1.25 bits per heavy atom. The van der Waals surface area contributed by atoms with Gasteiger partial charge in [0.1, 0.15) is 0 Å². The molecule has 0 atom stereocenters. The summed E-state index contributed by atoms with van der Waals surface area (Å²) in [6.45, 7) is 6.75. The summed E-state index contributed by atoms with van der Waals surface area (Å²) in [5, 5.41) is 5.36. The summed E-state index contributed by atoms with van der Waals surface area (Å²) in [5.41, 5.74) is 4.06. The summed E-state index contributed by atoms with van der Waals surface area (Å²) in [6, 6.07) is 17.5. The molecule has 0 saturated carbocycles. The van der Waals surface area contributed by atoms with Crippen molar-refractivity contribution in [3.05, 3.63) is 90.0 Å². The molecule has 1 aliphatic rings. The summed E-state index contributed by atoms with van der Waals surface area (Å²) < 4.78 is 0. The average Bonchev–Trinajstić information content (AvgIpc) is 2.76. The molecule has 4 rings (SSSR count). The Labute approximate surface area is 143 Å². The van der Waals surface area contributed by atoms with E-state index < -0.39 is 0 Å². The first kappa shape index (κ1) is 15.0. The minimum atomic E-state index is 0.0475. The van der Waals surface area contributed by atoms with E-state index in [1.54, 1.807) is 0 Å². The van der Waals surface area contributed by atoms with Gasteiger partial charge in [-0.05, 0) is 45.2 Å². The van der Waals surface area contributed by atoms with Gasteiger partial charge in [0.2, 0.25) is 0 Å². The summed E-state index contributed by atoms with van der Waals surface area (Å²) in [5.74, 6) is 0. The fraction of sp³-hybridized carbons (Fsp3) is 0.167. The van der Waals surface area contributed by atoms with E-state index >= 15 is 0 Å². The van der Waals surface area contributed by atoms with Crippen molar-refractivity contribution in [2.45, 2.75) is 20.8 Å². The minimum absolute atomic E-state index is 0.0475. The van der Waals surface area contributed by atoms with Gasteiger partial charge in [-0.2, -0.15) is 0 Å². The molecular formula is C24H22. The van der Waals surface area contributed by atoms with Gasteiger partial charge < -0.3 is 0 Å². The molecule has 3 aromatic rings. The zero-order chi connectivity index (χ0) is 16.7. The minimum Gasteiger partial charge on any atom is -0.0751 e. The van der Waals surface area contributed by atoms with Gasteiger partial charge in [-0.25, -0.2) is 0 Å². The van der Waals surface area contributed by atoms with Crippen LogP contribution in [0.1, 0.15) is 25.0 Å². The van der Waals surface area contributed by atoms with Crippen LogP contribution in [0.4, 0.5) is 0 Å². The number of benzene rings is 3. The fourth-order valence-corrected chi connectivity index (χ4v) is 3.77. The molecular weight excluding hydrogens is 288 g/mol. The number of allylic oxidation sites excluding steroid dienone is 6. The Morgan fingerprint density at radius 1 is 0.708 bits per heavy atom. The van der Waals surface area contributed by atoms with Crippen LogP contribution in [0.3, 0.4) is 0 Å². The number of aryl methyl sites for hydroxylation is 1. The Bertz CT molecular complexity index is 970. The molecule has 0 fully saturated rings. The van der Waals surface area contributed by atoms with E-state index in [9.17, 15) is 0 Å². The smallest absolute Gasteiger partial charge is 0.00167 e. The van der Waals surface area contributed by atoms with Gasteiger partial charge in [-0.1, -0.05) is 92.8 Å². The quantitative estimate of drug-likeness (QED) is 0.432. The molecule has 3 aromatic carbocycles. The molecule has 0 nitrogen and oxygen atoms in total. The van der Waals surface area contributed by atoms with Crippen LogP contribution in [0.5, 0.6) is 0 Å². The van der Waals surface area contributed by atoms with Crippen molar-refractivity contribution in [2.75, 3.05) is 0 Å². The maximum atomic E-state index is 2.39. The molecule has 0 aromatic heterocycles. The van der Waals surface area contributed by atoms with Gasteiger partial charge in [0.15, 0.2) is 0 Å². The fourth-order valence-electron chi connectivity index (χ4n) is 3.77. The van der Waals surface area contributed by atoms with E-state index in [-0.39, 0.29) is 5.41 Å². The van der Waals surface area contributed by atoms with E-state index in [2.05, 4.69) is 99.7 Å². The standard InChI is InChI=1S/C24H22/c1-17-19-11-4-6-13-21(19)23(22-14-7-5-12-20(17)22)18-10-8-9-15-24(2,3)16-18/h4-16H,1-3H3. The first-order valence-corrected chi connectivity index (χ1v) is 8.56. The normalized spacial score (nSPS) is 16.4. The predicted octanol–water partition coefficient (Wildman–Crippen LogP) is 6.84. The molecule has 24 heavy (non-hydrogen) atoms. The molecule has 0 saturated heterocycles. The van der Waals surface area contributed by atoms with Crippen LogP contribution in [0.2, 0.25) is 0 Å². The largest absolute Gasteiger partial charge is 0.0751 e. The predicted molar refractivity (Wildman–Crippen MR) is 106 cm³/mol. The molecule has 0 spiro atoms. The lowest BCUT2D eigenvalue weighted by atomic mass is 9.85. The average molecular weight is 310 g/mol. The first-order chi connectivity index (χ1) is 11.6. The van der Waals surface area contributed by atoms with E-state index in [0.29, 0.717) is 0 Å². The Kier molecular flexibility index (Phi) is 3.42. The van der Waals surface area contributed by atoms with Gasteiger partial charge in [0.25, 0.3) is 0 Å². The van der Waals surface area contributed by atoms with Gasteiger partial charge in [-0.3, -0.25) is 0 Å². The van der Waals surface area contributed by atoms with E-state index in [4.69, 9.17) is 0 Å². The summed E-state index contributed by atoms with van der Waals surface area (Å²) in [4.78, 5) is 0. The second-order valence-electron chi connectivity index (χ2n) is 7.23. The molecule has 0 heterocycles. The van der Waals surface area contributed by atoms with Crippen LogP contribution in [0.25, 0.3) is 27.1 Å². The zero-order valence-corrected chi connectivity index (χ0v) is 14.5. The van der Waals surface area contributed by atoms with Crippen molar-refractivity contribution in [1.82, 2.24) is 0 Å². The number of hydrogen-bond acceptors (Lipinski definition) is 0. The molecule has 0 aliphatic heterocycles. The zero-order valence-electron chi connectivity index (χ0n) is 14.5. The van der Waals surface area contributed by atoms with Crippen LogP contribution < -0.4 is 0 Å². The maximum Gasteiger partial charge on any atom is 0.00167 e. The Hall–Kier alpha value is -2.60. The summed E-state index contributed by atoms with van der Waals surface area (Å²) >= 11 is 0. The molecule has 0 heteroatoms. The van der Waals surface area contributed by atoms with Crippen LogP contribution in [0, 0.1) is 12.3 Å². The second-order valence-corrected chi connectivity index (χ2v) is 7.23. The molecule has 0 N–H and O–H groups in total. The van der Waals surface area contributed by atoms with E-state index in [1.807, 2.05) is 0 Å². The molecule has 118 valence electrons. The van der Waals surface area contributed by atoms with Gasteiger partial charge in [-0.15, -0.1) is 0 Å². The third-order valence-corrected chi connectivity index (χ3v) is 4.93. The Balaban J connectivity index is 2.18. The monoisotopic (exact) mass is 310 g/mol. The summed E-state index contributed by atoms with van der Waals surface area (Å²) in [7, 11) is 0. The van der Waals surface area contributed by atoms with Crippen LogP contribution in [-0.4, -0.2) is 0 Å². The van der Waals surface area contributed by atoms with Crippen molar-refractivity contribution >= 4 is 27.1 Å². The second kappa shape index (κ2) is 5.49. The van der Waals surface area contributed by atoms with Gasteiger partial charge in [0, 0.05) is 5.41 Å². The highest BCUT2D eigenvalue weighted by Gasteiger charge is 2.17. The van der Waals surface area contributed by atoms with Crippen molar-refractivity contribution in [3.8, 4) is 0 Å². The maximum absolute atomic E-state index is 2.39. The summed E-state index contributed by atoms with van der Waals surface area (Å²) in [6.07, 6.45) is 11.2. The molecule has 0 bridgehead atoms. The number of hydrogen-bond donors (Lipinski definition) is 0. The first-order valence-electron chi connectivity index (χ1n) is 8.56. The molecule has 0 radical (unpaired) electrons. The highest BCUT2D eigenvalue weighted by molar-refractivity contribution is 6.12.